The van der Waals surface area contributed by atoms with Crippen LogP contribution in [0.25, 0.3) is 0 Å². The maximum Gasteiger partial charge on any atom is 0.234 e. The molecule has 0 aromatic heterocycles. The number of alkyl halides is 1. The molecule has 1 N–H and O–H groups in total. The van der Waals surface area contributed by atoms with Gasteiger partial charge in [-0.2, -0.15) is 0 Å². The van der Waals surface area contributed by atoms with E-state index < -0.39 is 0 Å². The molecular weight excluding hydrogens is 254 g/mol. The van der Waals surface area contributed by atoms with E-state index in [0.717, 1.165) is 13.0 Å². The first kappa shape index (κ1) is 14.9. The quantitative estimate of drug-likeness (QED) is 0.534. The van der Waals surface area contributed by atoms with E-state index in [-0.39, 0.29) is 10.7 Å². The third-order valence-corrected chi connectivity index (χ3v) is 3.89. The van der Waals surface area contributed by atoms with E-state index >= 15 is 0 Å². The van der Waals surface area contributed by atoms with Gasteiger partial charge in [-0.3, -0.25) is 4.79 Å². The summed E-state index contributed by atoms with van der Waals surface area (Å²) in [6, 6.07) is 0. The number of hydrogen-bond acceptors (Lipinski definition) is 1. The van der Waals surface area contributed by atoms with Crippen LogP contribution in [-0.2, 0) is 4.79 Å². The maximum atomic E-state index is 11.5. The van der Waals surface area contributed by atoms with Gasteiger partial charge in [0.05, 0.1) is 4.83 Å². The van der Waals surface area contributed by atoms with Crippen molar-refractivity contribution in [1.82, 2.24) is 5.32 Å². The van der Waals surface area contributed by atoms with Crippen molar-refractivity contribution in [3.63, 3.8) is 0 Å². The maximum absolute atomic E-state index is 11.5. The smallest absolute Gasteiger partial charge is 0.234 e. The van der Waals surface area contributed by atoms with Gasteiger partial charge in [0.25, 0.3) is 0 Å². The van der Waals surface area contributed by atoms with Gasteiger partial charge in [0.2, 0.25) is 5.91 Å². The fraction of sp³-hybridized carbons (Fsp3) is 0.917. The van der Waals surface area contributed by atoms with Crippen molar-refractivity contribution in [2.75, 3.05) is 6.54 Å². The van der Waals surface area contributed by atoms with Crippen LogP contribution < -0.4 is 5.32 Å². The lowest BCUT2D eigenvalue weighted by Crippen LogP contribution is -2.34. The van der Waals surface area contributed by atoms with Gasteiger partial charge in [-0.1, -0.05) is 62.4 Å². The van der Waals surface area contributed by atoms with Crippen LogP contribution in [0.2, 0.25) is 0 Å². The Morgan fingerprint density at radius 2 is 1.80 bits per heavy atom. The molecule has 15 heavy (non-hydrogen) atoms. The van der Waals surface area contributed by atoms with Crippen LogP contribution in [0.3, 0.4) is 0 Å². The SMILES string of the molecule is CCCCCCCNC(=O)C(Br)C(C)C. The molecule has 0 aliphatic rings. The Hall–Kier alpha value is -0.0500. The Morgan fingerprint density at radius 1 is 1.20 bits per heavy atom. The monoisotopic (exact) mass is 277 g/mol. The summed E-state index contributed by atoms with van der Waals surface area (Å²) in [5, 5.41) is 2.95. The largest absolute Gasteiger partial charge is 0.355 e. The average molecular weight is 278 g/mol. The zero-order valence-corrected chi connectivity index (χ0v) is 11.8. The van der Waals surface area contributed by atoms with Gasteiger partial charge in [0.15, 0.2) is 0 Å². The molecule has 1 atom stereocenters. The van der Waals surface area contributed by atoms with Crippen LogP contribution >= 0.6 is 15.9 Å². The number of halogens is 1. The first-order valence-corrected chi connectivity index (χ1v) is 6.93. The van der Waals surface area contributed by atoms with Crippen molar-refractivity contribution in [2.24, 2.45) is 5.92 Å². The second-order valence-electron chi connectivity index (χ2n) is 4.35. The summed E-state index contributed by atoms with van der Waals surface area (Å²) < 4.78 is 0. The minimum atomic E-state index is -0.0480. The van der Waals surface area contributed by atoms with E-state index in [2.05, 4.69) is 28.2 Å². The average Bonchev–Trinajstić information content (AvgIpc) is 2.21. The first-order chi connectivity index (χ1) is 7.09. The van der Waals surface area contributed by atoms with E-state index in [1.165, 1.54) is 25.7 Å². The van der Waals surface area contributed by atoms with Crippen molar-refractivity contribution < 1.29 is 4.79 Å². The number of hydrogen-bond donors (Lipinski definition) is 1. The lowest BCUT2D eigenvalue weighted by molar-refractivity contribution is -0.121. The Morgan fingerprint density at radius 3 is 2.33 bits per heavy atom. The molecule has 0 fully saturated rings. The lowest BCUT2D eigenvalue weighted by Gasteiger charge is -2.13. The molecule has 0 heterocycles. The fourth-order valence-electron chi connectivity index (χ4n) is 1.34. The highest BCUT2D eigenvalue weighted by atomic mass is 79.9. The van der Waals surface area contributed by atoms with Crippen LogP contribution in [-0.4, -0.2) is 17.3 Å². The molecule has 0 aliphatic heterocycles. The molecule has 0 aliphatic carbocycles. The van der Waals surface area contributed by atoms with E-state index in [1.807, 2.05) is 13.8 Å². The molecule has 0 rings (SSSR count). The minimum absolute atomic E-state index is 0.0480. The second kappa shape index (κ2) is 9.20. The summed E-state index contributed by atoms with van der Waals surface area (Å²) in [6.07, 6.45) is 6.19. The Labute approximate surface area is 102 Å². The highest BCUT2D eigenvalue weighted by Gasteiger charge is 2.17. The molecule has 90 valence electrons. The predicted molar refractivity (Wildman–Crippen MR) is 69.3 cm³/mol. The Kier molecular flexibility index (Phi) is 9.17. The second-order valence-corrected chi connectivity index (χ2v) is 5.34. The summed E-state index contributed by atoms with van der Waals surface area (Å²) in [4.78, 5) is 11.5. The standard InChI is InChI=1S/C12H24BrNO/c1-4-5-6-7-8-9-14-12(15)11(13)10(2)3/h10-11H,4-9H2,1-3H3,(H,14,15). The zero-order chi connectivity index (χ0) is 11.7. The zero-order valence-electron chi connectivity index (χ0n) is 10.2. The number of amides is 1. The normalized spacial score (nSPS) is 12.9. The van der Waals surface area contributed by atoms with Crippen molar-refractivity contribution in [3.8, 4) is 0 Å². The summed E-state index contributed by atoms with van der Waals surface area (Å²) >= 11 is 3.39. The molecule has 3 heteroatoms. The van der Waals surface area contributed by atoms with Gasteiger partial charge in [-0.25, -0.2) is 0 Å². The predicted octanol–water partition coefficient (Wildman–Crippen LogP) is 3.49. The molecule has 0 bridgehead atoms. The Balaban J connectivity index is 3.39. The fourth-order valence-corrected chi connectivity index (χ4v) is 1.50. The van der Waals surface area contributed by atoms with Crippen LogP contribution in [0, 0.1) is 5.92 Å². The third kappa shape index (κ3) is 7.83. The van der Waals surface area contributed by atoms with Crippen LogP contribution in [0.5, 0.6) is 0 Å². The van der Waals surface area contributed by atoms with Crippen molar-refractivity contribution in [1.29, 1.82) is 0 Å². The highest BCUT2D eigenvalue weighted by Crippen LogP contribution is 2.11. The van der Waals surface area contributed by atoms with Gasteiger partial charge in [0.1, 0.15) is 0 Å². The van der Waals surface area contributed by atoms with Gasteiger partial charge in [0, 0.05) is 6.54 Å². The molecule has 0 aromatic rings. The Bertz CT molecular complexity index is 171. The molecule has 0 saturated heterocycles. The topological polar surface area (TPSA) is 29.1 Å². The highest BCUT2D eigenvalue weighted by molar-refractivity contribution is 9.10. The van der Waals surface area contributed by atoms with E-state index in [1.54, 1.807) is 0 Å². The summed E-state index contributed by atoms with van der Waals surface area (Å²) in [7, 11) is 0. The van der Waals surface area contributed by atoms with E-state index in [4.69, 9.17) is 0 Å². The van der Waals surface area contributed by atoms with Gasteiger partial charge < -0.3 is 5.32 Å². The van der Waals surface area contributed by atoms with Crippen molar-refractivity contribution in [3.05, 3.63) is 0 Å². The van der Waals surface area contributed by atoms with E-state index in [0.29, 0.717) is 5.92 Å². The summed E-state index contributed by atoms with van der Waals surface area (Å²) in [5.74, 6) is 0.477. The van der Waals surface area contributed by atoms with Crippen molar-refractivity contribution >= 4 is 21.8 Å². The molecule has 0 saturated carbocycles. The van der Waals surface area contributed by atoms with Crippen LogP contribution in [0.1, 0.15) is 52.9 Å². The summed E-state index contributed by atoms with van der Waals surface area (Å²) in [5.41, 5.74) is 0. The summed E-state index contributed by atoms with van der Waals surface area (Å²) in [6.45, 7) is 7.11. The van der Waals surface area contributed by atoms with Gasteiger partial charge in [-0.15, -0.1) is 0 Å². The molecule has 1 unspecified atom stereocenters. The third-order valence-electron chi connectivity index (χ3n) is 2.42. The van der Waals surface area contributed by atoms with Gasteiger partial charge in [-0.05, 0) is 12.3 Å². The van der Waals surface area contributed by atoms with Crippen LogP contribution in [0.15, 0.2) is 0 Å². The number of carbonyl (C=O) groups is 1. The van der Waals surface area contributed by atoms with Crippen molar-refractivity contribution in [2.45, 2.75) is 57.7 Å². The molecule has 0 spiro atoms. The lowest BCUT2D eigenvalue weighted by atomic mass is 10.1. The molecule has 2 nitrogen and oxygen atoms in total. The number of unbranched alkanes of at least 4 members (excludes halogenated alkanes) is 4. The molecule has 0 radical (unpaired) electrons. The van der Waals surface area contributed by atoms with E-state index in [9.17, 15) is 4.79 Å². The van der Waals surface area contributed by atoms with Crippen LogP contribution in [0.4, 0.5) is 0 Å². The minimum Gasteiger partial charge on any atom is -0.355 e. The number of rotatable bonds is 8. The first-order valence-electron chi connectivity index (χ1n) is 6.01. The number of carbonyl (C=O) groups excluding carboxylic acids is 1. The molecule has 0 aromatic carbocycles. The number of nitrogens with one attached hydrogen (secondary N) is 1. The molecule has 1 amide bonds. The molecular formula is C12H24BrNO. The van der Waals surface area contributed by atoms with Gasteiger partial charge >= 0.3 is 0 Å².